The Morgan fingerprint density at radius 3 is 2.26 bits per heavy atom. The lowest BCUT2D eigenvalue weighted by atomic mass is 10.1. The summed E-state index contributed by atoms with van der Waals surface area (Å²) in [7, 11) is 0. The van der Waals surface area contributed by atoms with Crippen LogP contribution < -0.4 is 16.0 Å². The number of carbonyl (C=O) groups is 2. The number of nitrogens with one attached hydrogen (secondary N) is 3. The molecule has 1 unspecified atom stereocenters. The van der Waals surface area contributed by atoms with Crippen molar-refractivity contribution in [1.29, 1.82) is 0 Å². The molecule has 5 nitrogen and oxygen atoms in total. The van der Waals surface area contributed by atoms with Crippen molar-refractivity contribution in [3.8, 4) is 0 Å². The molecule has 27 heavy (non-hydrogen) atoms. The maximum atomic E-state index is 12.5. The molecular formula is C21H25N3O2S. The summed E-state index contributed by atoms with van der Waals surface area (Å²) in [6.45, 7) is 1.36. The largest absolute Gasteiger partial charge is 0.356 e. The smallest absolute Gasteiger partial charge is 0.226 e. The molecule has 3 rings (SSSR count). The van der Waals surface area contributed by atoms with Crippen LogP contribution in [0.4, 0.5) is 0 Å². The van der Waals surface area contributed by atoms with Crippen LogP contribution in [0.5, 0.6) is 0 Å². The molecule has 0 aliphatic carbocycles. The second-order valence-corrected chi connectivity index (χ2v) is 7.97. The van der Waals surface area contributed by atoms with Crippen LogP contribution in [0.3, 0.4) is 0 Å². The predicted molar refractivity (Wildman–Crippen MR) is 109 cm³/mol. The van der Waals surface area contributed by atoms with Gasteiger partial charge in [-0.3, -0.25) is 14.9 Å². The van der Waals surface area contributed by atoms with Crippen LogP contribution in [0, 0.1) is 0 Å². The predicted octanol–water partition coefficient (Wildman–Crippen LogP) is 2.08. The number of carbonyl (C=O) groups excluding carboxylic acids is 2. The standard InChI is InChI=1S/C21H25N3O2S/c25-19(15-18-9-5-2-6-10-18)24-21(23-13-14-27-21)16-20(26)22-12-11-17-7-3-1-4-8-17/h1-10,23H,11-16H2,(H,22,26)(H,24,25). The molecule has 3 N–H and O–H groups in total. The van der Waals surface area contributed by atoms with Gasteiger partial charge in [-0.15, -0.1) is 11.8 Å². The molecule has 6 heteroatoms. The minimum Gasteiger partial charge on any atom is -0.356 e. The van der Waals surface area contributed by atoms with E-state index < -0.39 is 4.99 Å². The Kier molecular flexibility index (Phi) is 6.90. The molecule has 1 heterocycles. The lowest BCUT2D eigenvalue weighted by molar-refractivity contribution is -0.124. The third kappa shape index (κ3) is 6.12. The van der Waals surface area contributed by atoms with E-state index in [0.717, 1.165) is 24.3 Å². The fraction of sp³-hybridized carbons (Fsp3) is 0.333. The number of thioether (sulfide) groups is 1. The molecule has 0 bridgehead atoms. The fourth-order valence-corrected chi connectivity index (χ4v) is 4.27. The van der Waals surface area contributed by atoms with Gasteiger partial charge in [-0.2, -0.15) is 0 Å². The van der Waals surface area contributed by atoms with E-state index in [4.69, 9.17) is 0 Å². The molecule has 0 aromatic heterocycles. The Morgan fingerprint density at radius 1 is 0.963 bits per heavy atom. The van der Waals surface area contributed by atoms with Crippen LogP contribution in [0.1, 0.15) is 17.5 Å². The molecule has 142 valence electrons. The fourth-order valence-electron chi connectivity index (χ4n) is 3.10. The third-order valence-electron chi connectivity index (χ3n) is 4.40. The number of rotatable bonds is 8. The second-order valence-electron chi connectivity index (χ2n) is 6.58. The van der Waals surface area contributed by atoms with Gasteiger partial charge in [0.1, 0.15) is 4.99 Å². The highest BCUT2D eigenvalue weighted by Gasteiger charge is 2.37. The van der Waals surface area contributed by atoms with Gasteiger partial charge in [-0.25, -0.2) is 0 Å². The quantitative estimate of drug-likeness (QED) is 0.653. The van der Waals surface area contributed by atoms with E-state index in [1.807, 2.05) is 60.7 Å². The van der Waals surface area contributed by atoms with E-state index in [1.165, 1.54) is 5.56 Å². The molecule has 1 fully saturated rings. The van der Waals surface area contributed by atoms with Gasteiger partial charge in [0, 0.05) is 18.8 Å². The Morgan fingerprint density at radius 2 is 1.63 bits per heavy atom. The molecule has 2 aromatic carbocycles. The Hall–Kier alpha value is -2.31. The minimum absolute atomic E-state index is 0.0622. The molecule has 2 aromatic rings. The average Bonchev–Trinajstić information content (AvgIpc) is 3.11. The van der Waals surface area contributed by atoms with Crippen LogP contribution in [0.2, 0.25) is 0 Å². The first-order valence-electron chi connectivity index (χ1n) is 9.20. The lowest BCUT2D eigenvalue weighted by Gasteiger charge is -2.29. The van der Waals surface area contributed by atoms with E-state index in [-0.39, 0.29) is 18.2 Å². The third-order valence-corrected chi connectivity index (χ3v) is 5.69. The van der Waals surface area contributed by atoms with Gasteiger partial charge < -0.3 is 10.6 Å². The molecule has 0 radical (unpaired) electrons. The van der Waals surface area contributed by atoms with Gasteiger partial charge in [0.05, 0.1) is 12.8 Å². The summed E-state index contributed by atoms with van der Waals surface area (Å²) in [4.78, 5) is 24.2. The SMILES string of the molecule is O=C(CC1(NC(=O)Cc2ccccc2)NCCS1)NCCc1ccccc1. The van der Waals surface area contributed by atoms with Crippen molar-refractivity contribution in [3.63, 3.8) is 0 Å². The van der Waals surface area contributed by atoms with E-state index >= 15 is 0 Å². The summed E-state index contributed by atoms with van der Waals surface area (Å²) in [5.74, 6) is 0.719. The van der Waals surface area contributed by atoms with Crippen LogP contribution in [-0.4, -0.2) is 35.7 Å². The summed E-state index contributed by atoms with van der Waals surface area (Å²) in [6, 6.07) is 19.7. The normalized spacial score (nSPS) is 18.8. The highest BCUT2D eigenvalue weighted by atomic mass is 32.2. The summed E-state index contributed by atoms with van der Waals surface area (Å²) >= 11 is 1.58. The first-order valence-corrected chi connectivity index (χ1v) is 10.2. The molecule has 2 amide bonds. The summed E-state index contributed by atoms with van der Waals surface area (Å²) in [5.41, 5.74) is 2.15. The summed E-state index contributed by atoms with van der Waals surface area (Å²) < 4.78 is 0. The van der Waals surface area contributed by atoms with Gasteiger partial charge in [0.25, 0.3) is 0 Å². The molecule has 1 aliphatic rings. The van der Waals surface area contributed by atoms with E-state index in [2.05, 4.69) is 16.0 Å². The second kappa shape index (κ2) is 9.58. The van der Waals surface area contributed by atoms with Crippen molar-refractivity contribution < 1.29 is 9.59 Å². The van der Waals surface area contributed by atoms with E-state index in [9.17, 15) is 9.59 Å². The number of hydrogen-bond acceptors (Lipinski definition) is 4. The number of benzene rings is 2. The van der Waals surface area contributed by atoms with Crippen molar-refractivity contribution in [2.24, 2.45) is 0 Å². The highest BCUT2D eigenvalue weighted by Crippen LogP contribution is 2.28. The number of hydrogen-bond donors (Lipinski definition) is 3. The van der Waals surface area contributed by atoms with E-state index in [0.29, 0.717) is 13.0 Å². The van der Waals surface area contributed by atoms with Crippen molar-refractivity contribution in [2.75, 3.05) is 18.8 Å². The zero-order chi connectivity index (χ0) is 19.0. The summed E-state index contributed by atoms with van der Waals surface area (Å²) in [5, 5.41) is 9.29. The average molecular weight is 384 g/mol. The van der Waals surface area contributed by atoms with Gasteiger partial charge in [-0.05, 0) is 17.5 Å². The van der Waals surface area contributed by atoms with Crippen LogP contribution in [0.25, 0.3) is 0 Å². The topological polar surface area (TPSA) is 70.2 Å². The summed E-state index contributed by atoms with van der Waals surface area (Å²) in [6.07, 6.45) is 1.31. The van der Waals surface area contributed by atoms with Gasteiger partial charge in [-0.1, -0.05) is 60.7 Å². The molecule has 1 aliphatic heterocycles. The maximum absolute atomic E-state index is 12.5. The van der Waals surface area contributed by atoms with Crippen LogP contribution in [-0.2, 0) is 22.4 Å². The molecule has 0 spiro atoms. The van der Waals surface area contributed by atoms with Crippen molar-refractivity contribution in [1.82, 2.24) is 16.0 Å². The zero-order valence-electron chi connectivity index (χ0n) is 15.2. The molecule has 1 atom stereocenters. The monoisotopic (exact) mass is 383 g/mol. The molecule has 1 saturated heterocycles. The highest BCUT2D eigenvalue weighted by molar-refractivity contribution is 8.00. The Bertz CT molecular complexity index is 747. The van der Waals surface area contributed by atoms with Gasteiger partial charge in [0.15, 0.2) is 0 Å². The lowest BCUT2D eigenvalue weighted by Crippen LogP contribution is -2.56. The zero-order valence-corrected chi connectivity index (χ0v) is 16.1. The minimum atomic E-state index is -0.720. The Labute approximate surface area is 164 Å². The first kappa shape index (κ1) is 19.5. The van der Waals surface area contributed by atoms with Crippen LogP contribution >= 0.6 is 11.8 Å². The Balaban J connectivity index is 1.49. The van der Waals surface area contributed by atoms with Crippen molar-refractivity contribution in [2.45, 2.75) is 24.3 Å². The number of amides is 2. The first-order chi connectivity index (χ1) is 13.2. The molecular weight excluding hydrogens is 358 g/mol. The van der Waals surface area contributed by atoms with Gasteiger partial charge >= 0.3 is 0 Å². The van der Waals surface area contributed by atoms with Crippen molar-refractivity contribution >= 4 is 23.6 Å². The van der Waals surface area contributed by atoms with E-state index in [1.54, 1.807) is 11.8 Å². The van der Waals surface area contributed by atoms with Crippen LogP contribution in [0.15, 0.2) is 60.7 Å². The maximum Gasteiger partial charge on any atom is 0.226 e. The molecule has 0 saturated carbocycles. The van der Waals surface area contributed by atoms with Gasteiger partial charge in [0.2, 0.25) is 11.8 Å². The van der Waals surface area contributed by atoms with Crippen molar-refractivity contribution in [3.05, 3.63) is 71.8 Å².